The van der Waals surface area contributed by atoms with Crippen LogP contribution >= 0.6 is 0 Å². The van der Waals surface area contributed by atoms with Crippen molar-refractivity contribution < 1.29 is 8.42 Å². The minimum absolute atomic E-state index is 0.420. The Morgan fingerprint density at radius 2 is 1.62 bits per heavy atom. The summed E-state index contributed by atoms with van der Waals surface area (Å²) >= 11 is 0. The first-order chi connectivity index (χ1) is 9.96. The number of nitrogens with zero attached hydrogens (tertiary/aromatic N) is 2. The van der Waals surface area contributed by atoms with Gasteiger partial charge in [-0.3, -0.25) is 0 Å². The largest absolute Gasteiger partial charge is 0.302 e. The molecule has 0 amide bonds. The van der Waals surface area contributed by atoms with Crippen LogP contribution < -0.4 is 0 Å². The fourth-order valence-corrected chi connectivity index (χ4v) is 5.23. The van der Waals surface area contributed by atoms with E-state index in [1.54, 1.807) is 28.6 Å². The van der Waals surface area contributed by atoms with Crippen molar-refractivity contribution in [2.45, 2.75) is 18.7 Å². The lowest BCUT2D eigenvalue weighted by Crippen LogP contribution is -2.34. The van der Waals surface area contributed by atoms with Crippen LogP contribution in [0.4, 0.5) is 0 Å². The van der Waals surface area contributed by atoms with Crippen molar-refractivity contribution in [3.8, 4) is 0 Å². The Bertz CT molecular complexity index is 572. The van der Waals surface area contributed by atoms with Crippen LogP contribution in [0.15, 0.2) is 35.2 Å². The second-order valence-electron chi connectivity index (χ2n) is 6.77. The van der Waals surface area contributed by atoms with E-state index in [4.69, 9.17) is 0 Å². The van der Waals surface area contributed by atoms with Crippen LogP contribution in [0.5, 0.6) is 0 Å². The molecule has 0 aliphatic carbocycles. The Kier molecular flexibility index (Phi) is 4.08. The van der Waals surface area contributed by atoms with E-state index >= 15 is 0 Å². The smallest absolute Gasteiger partial charge is 0.243 e. The Labute approximate surface area is 127 Å². The van der Waals surface area contributed by atoms with Crippen molar-refractivity contribution in [2.75, 3.05) is 32.7 Å². The summed E-state index contributed by atoms with van der Waals surface area (Å²) in [5.41, 5.74) is 0. The number of hydrogen-bond donors (Lipinski definition) is 0. The molecule has 1 aromatic rings. The maximum atomic E-state index is 12.6. The molecule has 0 bridgehead atoms. The van der Waals surface area contributed by atoms with Gasteiger partial charge in [0.05, 0.1) is 4.90 Å². The molecule has 0 saturated carbocycles. The molecular formula is C16H24N2O2S. The average Bonchev–Trinajstić information content (AvgIpc) is 2.97. The van der Waals surface area contributed by atoms with Gasteiger partial charge in [-0.15, -0.1) is 0 Å². The number of benzene rings is 1. The molecule has 2 heterocycles. The van der Waals surface area contributed by atoms with Gasteiger partial charge in [0.25, 0.3) is 0 Å². The van der Waals surface area contributed by atoms with Gasteiger partial charge in [0.1, 0.15) is 0 Å². The molecule has 2 unspecified atom stereocenters. The zero-order valence-electron chi connectivity index (χ0n) is 12.8. The quantitative estimate of drug-likeness (QED) is 0.853. The summed E-state index contributed by atoms with van der Waals surface area (Å²) in [4.78, 5) is 2.91. The molecule has 4 nitrogen and oxygen atoms in total. The van der Waals surface area contributed by atoms with E-state index in [-0.39, 0.29) is 0 Å². The third kappa shape index (κ3) is 3.00. The Morgan fingerprint density at radius 1 is 1.05 bits per heavy atom. The number of sulfonamides is 1. The van der Waals surface area contributed by atoms with Crippen molar-refractivity contribution in [3.05, 3.63) is 30.3 Å². The Hall–Kier alpha value is -0.910. The van der Waals surface area contributed by atoms with E-state index in [2.05, 4.69) is 18.7 Å². The summed E-state index contributed by atoms with van der Waals surface area (Å²) in [5.74, 6) is 1.68. The van der Waals surface area contributed by atoms with Gasteiger partial charge in [0.15, 0.2) is 0 Å². The summed E-state index contributed by atoms with van der Waals surface area (Å²) in [6.45, 7) is 9.04. The van der Waals surface area contributed by atoms with Crippen LogP contribution in [0.3, 0.4) is 0 Å². The van der Waals surface area contributed by atoms with Gasteiger partial charge in [-0.1, -0.05) is 32.0 Å². The second kappa shape index (κ2) is 5.71. The van der Waals surface area contributed by atoms with Gasteiger partial charge in [-0.25, -0.2) is 8.42 Å². The Morgan fingerprint density at radius 3 is 2.14 bits per heavy atom. The molecule has 2 saturated heterocycles. The minimum atomic E-state index is -3.31. The first kappa shape index (κ1) is 15.0. The maximum absolute atomic E-state index is 12.6. The van der Waals surface area contributed by atoms with Gasteiger partial charge in [-0.2, -0.15) is 4.31 Å². The highest BCUT2D eigenvalue weighted by Gasteiger charge is 2.44. The molecular weight excluding hydrogens is 284 g/mol. The fourth-order valence-electron chi connectivity index (χ4n) is 3.65. The molecule has 21 heavy (non-hydrogen) atoms. The third-order valence-electron chi connectivity index (χ3n) is 4.53. The molecule has 2 aliphatic rings. The van der Waals surface area contributed by atoms with Crippen molar-refractivity contribution in [3.63, 3.8) is 0 Å². The van der Waals surface area contributed by atoms with E-state index in [1.807, 2.05) is 6.07 Å². The van der Waals surface area contributed by atoms with Crippen molar-refractivity contribution in [1.29, 1.82) is 0 Å². The number of hydrogen-bond acceptors (Lipinski definition) is 3. The summed E-state index contributed by atoms with van der Waals surface area (Å²) in [5, 5.41) is 0. The van der Waals surface area contributed by atoms with Crippen LogP contribution in [-0.2, 0) is 10.0 Å². The van der Waals surface area contributed by atoms with Gasteiger partial charge < -0.3 is 4.90 Å². The monoisotopic (exact) mass is 308 g/mol. The second-order valence-corrected chi connectivity index (χ2v) is 8.71. The van der Waals surface area contributed by atoms with E-state index in [9.17, 15) is 8.42 Å². The van der Waals surface area contributed by atoms with Crippen LogP contribution in [0, 0.1) is 17.8 Å². The molecule has 0 aromatic heterocycles. The highest BCUT2D eigenvalue weighted by Crippen LogP contribution is 2.34. The lowest BCUT2D eigenvalue weighted by Gasteiger charge is -2.22. The molecule has 0 N–H and O–H groups in total. The summed E-state index contributed by atoms with van der Waals surface area (Å²) < 4.78 is 27.0. The highest BCUT2D eigenvalue weighted by molar-refractivity contribution is 7.89. The fraction of sp³-hybridized carbons (Fsp3) is 0.625. The molecule has 0 radical (unpaired) electrons. The molecule has 2 fully saturated rings. The zero-order valence-corrected chi connectivity index (χ0v) is 13.6. The number of likely N-dealkylation sites (tertiary alicyclic amines) is 1. The lowest BCUT2D eigenvalue weighted by molar-refractivity contribution is 0.267. The molecule has 0 spiro atoms. The van der Waals surface area contributed by atoms with E-state index < -0.39 is 10.0 Å². The predicted molar refractivity (Wildman–Crippen MR) is 83.5 cm³/mol. The molecule has 3 rings (SSSR count). The third-order valence-corrected chi connectivity index (χ3v) is 6.38. The zero-order chi connectivity index (χ0) is 15.0. The number of fused-ring (bicyclic) bond motifs is 1. The van der Waals surface area contributed by atoms with Crippen LogP contribution in [0.2, 0.25) is 0 Å². The van der Waals surface area contributed by atoms with Crippen LogP contribution in [0.25, 0.3) is 0 Å². The first-order valence-corrected chi connectivity index (χ1v) is 9.18. The normalized spacial score (nSPS) is 27.4. The van der Waals surface area contributed by atoms with Crippen molar-refractivity contribution in [2.24, 2.45) is 17.8 Å². The average molecular weight is 308 g/mol. The van der Waals surface area contributed by atoms with Crippen molar-refractivity contribution in [1.82, 2.24) is 9.21 Å². The topological polar surface area (TPSA) is 40.6 Å². The molecule has 2 aliphatic heterocycles. The molecule has 1 aromatic carbocycles. The van der Waals surface area contributed by atoms with E-state index in [0.29, 0.717) is 35.7 Å². The molecule has 5 heteroatoms. The van der Waals surface area contributed by atoms with Gasteiger partial charge in [0.2, 0.25) is 10.0 Å². The van der Waals surface area contributed by atoms with Gasteiger partial charge in [-0.05, 0) is 29.9 Å². The predicted octanol–water partition coefficient (Wildman–Crippen LogP) is 1.89. The molecule has 116 valence electrons. The lowest BCUT2D eigenvalue weighted by atomic mass is 10.0. The van der Waals surface area contributed by atoms with Crippen molar-refractivity contribution >= 4 is 10.0 Å². The van der Waals surface area contributed by atoms with E-state index in [1.165, 1.54) is 0 Å². The molecule has 2 atom stereocenters. The first-order valence-electron chi connectivity index (χ1n) is 7.74. The highest BCUT2D eigenvalue weighted by atomic mass is 32.2. The maximum Gasteiger partial charge on any atom is 0.243 e. The van der Waals surface area contributed by atoms with Crippen LogP contribution in [0.1, 0.15) is 13.8 Å². The number of rotatable bonds is 4. The van der Waals surface area contributed by atoms with Gasteiger partial charge >= 0.3 is 0 Å². The van der Waals surface area contributed by atoms with Crippen LogP contribution in [-0.4, -0.2) is 50.3 Å². The summed E-state index contributed by atoms with van der Waals surface area (Å²) in [7, 11) is -3.31. The SMILES string of the molecule is CC(C)CN1CC2CN(S(=O)(=O)c3ccccc3)CC2C1. The van der Waals surface area contributed by atoms with E-state index in [0.717, 1.165) is 19.6 Å². The summed E-state index contributed by atoms with van der Waals surface area (Å²) in [6, 6.07) is 8.80. The Balaban J connectivity index is 1.68. The standard InChI is InChI=1S/C16H24N2O2S/c1-13(2)8-17-9-14-11-18(12-15(14)10-17)21(19,20)16-6-4-3-5-7-16/h3-7,13-15H,8-12H2,1-2H3. The van der Waals surface area contributed by atoms with Gasteiger partial charge in [0, 0.05) is 32.7 Å². The summed E-state index contributed by atoms with van der Waals surface area (Å²) in [6.07, 6.45) is 0. The minimum Gasteiger partial charge on any atom is -0.302 e.